The molecule has 3 N–H and O–H groups in total. The number of rotatable bonds is 5. The number of hydrogen-bond donors (Lipinski definition) is 3. The molecule has 0 aliphatic heterocycles. The number of carbonyl (C=O) groups excluding carboxylic acids is 2. The molecule has 10 heteroatoms. The third kappa shape index (κ3) is 3.59. The third-order valence-electron chi connectivity index (χ3n) is 2.84. The monoisotopic (exact) mass is 514 g/mol. The number of ether oxygens (including phenoxy) is 1. The van der Waals surface area contributed by atoms with E-state index in [0.29, 0.717) is 0 Å². The van der Waals surface area contributed by atoms with Crippen LogP contribution in [0.25, 0.3) is 0 Å². The van der Waals surface area contributed by atoms with E-state index in [9.17, 15) is 24.6 Å². The van der Waals surface area contributed by atoms with Gasteiger partial charge in [-0.05, 0) is 47.8 Å². The van der Waals surface area contributed by atoms with Crippen molar-refractivity contribution in [2.24, 2.45) is 5.92 Å². The molecule has 0 heterocycles. The van der Waals surface area contributed by atoms with Crippen molar-refractivity contribution in [3.63, 3.8) is 0 Å². The maximum atomic E-state index is 12.6. The summed E-state index contributed by atoms with van der Waals surface area (Å²) < 4.78 is 4.19. The summed E-state index contributed by atoms with van der Waals surface area (Å²) in [5, 5.41) is 28.5. The van der Waals surface area contributed by atoms with E-state index in [4.69, 9.17) is 5.11 Å². The zero-order valence-electron chi connectivity index (χ0n) is 11.4. The molecular weight excluding hydrogens is 508 g/mol. The fraction of sp³-hybridized carbons (Fsp3) is 0.154. The van der Waals surface area contributed by atoms with Gasteiger partial charge in [-0.3, -0.25) is 9.59 Å². The molecule has 1 aromatic carbocycles. The van der Waals surface area contributed by atoms with Crippen LogP contribution < -0.4 is 0 Å². The normalized spacial score (nSPS) is 11.7. The molecule has 23 heavy (non-hydrogen) atoms. The molecule has 0 spiro atoms. The average Bonchev–Trinajstić information content (AvgIpc) is 2.50. The first kappa shape index (κ1) is 19.7. The summed E-state index contributed by atoms with van der Waals surface area (Å²) in [6.07, 6.45) is 0. The number of carboxylic acids is 1. The van der Waals surface area contributed by atoms with Crippen molar-refractivity contribution in [2.75, 3.05) is 7.11 Å². The van der Waals surface area contributed by atoms with E-state index >= 15 is 0 Å². The number of halogens is 3. The molecule has 0 saturated carbocycles. The minimum Gasteiger partial charge on any atom is -0.503 e. The minimum absolute atomic E-state index is 0.0109. The highest BCUT2D eigenvalue weighted by molar-refractivity contribution is 9.13. The number of carboxylic acid groups (broad SMARTS) is 1. The van der Waals surface area contributed by atoms with Gasteiger partial charge in [-0.2, -0.15) is 0 Å². The van der Waals surface area contributed by atoms with Gasteiger partial charge in [-0.15, -0.1) is 0 Å². The number of benzene rings is 1. The highest BCUT2D eigenvalue weighted by atomic mass is 79.9. The molecule has 1 unspecified atom stereocenters. The molecule has 1 atom stereocenters. The fourth-order valence-corrected chi connectivity index (χ4v) is 3.46. The Labute approximate surface area is 155 Å². The Morgan fingerprint density at radius 2 is 1.52 bits per heavy atom. The van der Waals surface area contributed by atoms with E-state index in [2.05, 4.69) is 59.1 Å². The standard InChI is InChI=1S/C13H9Br3O7/c1-3(12(20)21)4(13(22)23-2)9(17)5-6(14)8(16)11(19)10(18)7(5)15/h4,18-19H,1H2,2H3,(H,20,21). The molecule has 124 valence electrons. The van der Waals surface area contributed by atoms with Gasteiger partial charge in [0.05, 0.1) is 27.2 Å². The second-order valence-electron chi connectivity index (χ2n) is 4.16. The second-order valence-corrected chi connectivity index (χ2v) is 6.54. The van der Waals surface area contributed by atoms with Crippen molar-refractivity contribution in [1.29, 1.82) is 0 Å². The van der Waals surface area contributed by atoms with Gasteiger partial charge in [-0.1, -0.05) is 6.58 Å². The molecular formula is C13H9Br3O7. The summed E-state index contributed by atoms with van der Waals surface area (Å²) in [7, 11) is 0.992. The number of methoxy groups -OCH3 is 1. The number of ketones is 1. The lowest BCUT2D eigenvalue weighted by Crippen LogP contribution is -2.30. The number of aliphatic carboxylic acids is 1. The Kier molecular flexibility index (Phi) is 6.37. The van der Waals surface area contributed by atoms with Crippen molar-refractivity contribution in [3.8, 4) is 11.5 Å². The zero-order valence-corrected chi connectivity index (χ0v) is 16.2. The number of Topliss-reactive ketones (excluding diaryl/α,β-unsaturated/α-hetero) is 1. The van der Waals surface area contributed by atoms with Crippen LogP contribution in [0.3, 0.4) is 0 Å². The Morgan fingerprint density at radius 3 is 1.96 bits per heavy atom. The van der Waals surface area contributed by atoms with E-state index in [1.54, 1.807) is 0 Å². The summed E-state index contributed by atoms with van der Waals surface area (Å²) in [5.74, 6) is -6.69. The Hall–Kier alpha value is -1.39. The Bertz CT molecular complexity index is 698. The van der Waals surface area contributed by atoms with Crippen LogP contribution in [0.5, 0.6) is 11.5 Å². The van der Waals surface area contributed by atoms with Gasteiger partial charge in [0.15, 0.2) is 23.2 Å². The van der Waals surface area contributed by atoms with Crippen molar-refractivity contribution < 1.29 is 34.4 Å². The van der Waals surface area contributed by atoms with E-state index in [0.717, 1.165) is 7.11 Å². The summed E-state index contributed by atoms with van der Waals surface area (Å²) in [4.78, 5) is 35.5. The summed E-state index contributed by atoms with van der Waals surface area (Å²) in [6, 6.07) is 0. The fourth-order valence-electron chi connectivity index (χ4n) is 1.65. The molecule has 0 amide bonds. The van der Waals surface area contributed by atoms with Crippen LogP contribution in [0, 0.1) is 5.92 Å². The van der Waals surface area contributed by atoms with Crippen LogP contribution in [0.2, 0.25) is 0 Å². The SMILES string of the molecule is C=C(C(=O)O)C(C(=O)OC)C(=O)c1c(Br)c(O)c(O)c(Br)c1Br. The van der Waals surface area contributed by atoms with Crippen LogP contribution in [-0.4, -0.2) is 40.2 Å². The van der Waals surface area contributed by atoms with E-state index in [1.807, 2.05) is 0 Å². The zero-order chi connectivity index (χ0) is 18.1. The van der Waals surface area contributed by atoms with Gasteiger partial charge in [0, 0.05) is 4.47 Å². The maximum absolute atomic E-state index is 12.6. The smallest absolute Gasteiger partial charge is 0.332 e. The highest BCUT2D eigenvalue weighted by Crippen LogP contribution is 2.47. The van der Waals surface area contributed by atoms with Crippen LogP contribution in [0.1, 0.15) is 10.4 Å². The van der Waals surface area contributed by atoms with Gasteiger partial charge < -0.3 is 20.1 Å². The van der Waals surface area contributed by atoms with E-state index < -0.39 is 40.7 Å². The van der Waals surface area contributed by atoms with Crippen LogP contribution in [0.15, 0.2) is 25.6 Å². The summed E-state index contributed by atoms with van der Waals surface area (Å²) in [6.45, 7) is 3.22. The predicted molar refractivity (Wildman–Crippen MR) is 89.5 cm³/mol. The predicted octanol–water partition coefficient (Wildman–Crippen LogP) is 3.00. The molecule has 0 radical (unpaired) electrons. The molecule has 0 saturated heterocycles. The van der Waals surface area contributed by atoms with Crippen molar-refractivity contribution in [3.05, 3.63) is 31.1 Å². The van der Waals surface area contributed by atoms with E-state index in [1.165, 1.54) is 0 Å². The van der Waals surface area contributed by atoms with Crippen LogP contribution in [-0.2, 0) is 14.3 Å². The minimum atomic E-state index is -1.82. The van der Waals surface area contributed by atoms with Crippen LogP contribution >= 0.6 is 47.8 Å². The van der Waals surface area contributed by atoms with Gasteiger partial charge >= 0.3 is 11.9 Å². The van der Waals surface area contributed by atoms with Gasteiger partial charge in [0.2, 0.25) is 0 Å². The number of esters is 1. The first-order chi connectivity index (χ1) is 10.6. The first-order valence-corrected chi connectivity index (χ1v) is 8.06. The molecule has 7 nitrogen and oxygen atoms in total. The van der Waals surface area contributed by atoms with Crippen molar-refractivity contribution in [1.82, 2.24) is 0 Å². The number of phenols is 2. The quantitative estimate of drug-likeness (QED) is 0.137. The maximum Gasteiger partial charge on any atom is 0.332 e. The number of aromatic hydroxyl groups is 2. The molecule has 0 bridgehead atoms. The lowest BCUT2D eigenvalue weighted by Gasteiger charge is -2.17. The highest BCUT2D eigenvalue weighted by Gasteiger charge is 2.38. The van der Waals surface area contributed by atoms with Gasteiger partial charge in [-0.25, -0.2) is 4.79 Å². The number of hydrogen-bond acceptors (Lipinski definition) is 6. The molecule has 0 fully saturated rings. The van der Waals surface area contributed by atoms with Gasteiger partial charge in [0.25, 0.3) is 0 Å². The molecule has 1 rings (SSSR count). The molecule has 0 aliphatic rings. The first-order valence-electron chi connectivity index (χ1n) is 5.68. The molecule has 1 aromatic rings. The molecule has 0 aromatic heterocycles. The van der Waals surface area contributed by atoms with E-state index in [-0.39, 0.29) is 19.0 Å². The third-order valence-corrected chi connectivity index (χ3v) is 5.71. The topological polar surface area (TPSA) is 121 Å². The number of carbonyl (C=O) groups is 3. The lowest BCUT2D eigenvalue weighted by molar-refractivity contribution is -0.145. The average molecular weight is 517 g/mol. The van der Waals surface area contributed by atoms with Crippen LogP contribution in [0.4, 0.5) is 0 Å². The van der Waals surface area contributed by atoms with Crippen molar-refractivity contribution >= 4 is 65.5 Å². The second kappa shape index (κ2) is 7.45. The Morgan fingerprint density at radius 1 is 1.04 bits per heavy atom. The lowest BCUT2D eigenvalue weighted by atomic mass is 9.91. The van der Waals surface area contributed by atoms with Gasteiger partial charge in [0.1, 0.15) is 0 Å². The Balaban J connectivity index is 3.62. The molecule has 0 aliphatic carbocycles. The summed E-state index contributed by atoms with van der Waals surface area (Å²) in [5.41, 5.74) is -0.950. The summed E-state index contributed by atoms with van der Waals surface area (Å²) >= 11 is 8.94. The van der Waals surface area contributed by atoms with Crippen molar-refractivity contribution in [2.45, 2.75) is 0 Å². The number of phenolic OH excluding ortho intramolecular Hbond substituents is 2. The largest absolute Gasteiger partial charge is 0.503 e.